The van der Waals surface area contributed by atoms with E-state index in [0.29, 0.717) is 5.69 Å². The summed E-state index contributed by atoms with van der Waals surface area (Å²) in [6, 6.07) is -0.351. The van der Waals surface area contributed by atoms with E-state index in [1.165, 1.54) is 18.9 Å². The maximum atomic E-state index is 12.2. The summed E-state index contributed by atoms with van der Waals surface area (Å²) in [7, 11) is 0. The van der Waals surface area contributed by atoms with Crippen molar-refractivity contribution in [2.75, 3.05) is 13.1 Å². The number of rotatable bonds is 3. The Hall–Kier alpha value is -1.65. The van der Waals surface area contributed by atoms with Crippen molar-refractivity contribution in [2.24, 2.45) is 0 Å². The minimum Gasteiger partial charge on any atom is -0.341 e. The van der Waals surface area contributed by atoms with E-state index in [-0.39, 0.29) is 11.9 Å². The lowest BCUT2D eigenvalue weighted by molar-refractivity contribution is -0.135. The zero-order chi connectivity index (χ0) is 12.3. The Kier molecular flexibility index (Phi) is 3.56. The molecule has 0 radical (unpaired) electrons. The molecule has 0 aliphatic carbocycles. The zero-order valence-electron chi connectivity index (χ0n) is 10.0. The third-order valence-corrected chi connectivity index (χ3v) is 3.26. The number of hydrogen-bond donors (Lipinski definition) is 0. The van der Waals surface area contributed by atoms with E-state index in [9.17, 15) is 9.59 Å². The third kappa shape index (κ3) is 2.38. The quantitative estimate of drug-likeness (QED) is 0.741. The van der Waals surface area contributed by atoms with Crippen molar-refractivity contribution in [3.8, 4) is 0 Å². The van der Waals surface area contributed by atoms with Crippen LogP contribution in [0.25, 0.3) is 0 Å². The topological polar surface area (TPSA) is 55.2 Å². The molecule has 1 aromatic heterocycles. The maximum Gasteiger partial charge on any atom is 0.245 e. The number of nitrogens with zero attached hydrogens (tertiary/aromatic N) is 3. The summed E-state index contributed by atoms with van der Waals surface area (Å²) in [5, 5.41) is 0. The van der Waals surface area contributed by atoms with Crippen LogP contribution in [0.1, 0.15) is 42.7 Å². The van der Waals surface area contributed by atoms with E-state index in [4.69, 9.17) is 0 Å². The zero-order valence-corrected chi connectivity index (χ0v) is 10.0. The van der Waals surface area contributed by atoms with Crippen LogP contribution in [0.3, 0.4) is 0 Å². The van der Waals surface area contributed by atoms with Gasteiger partial charge >= 0.3 is 0 Å². The van der Waals surface area contributed by atoms with Crippen LogP contribution in [-0.4, -0.2) is 39.7 Å². The SMILES string of the molecule is CC(C(=O)N1CCCCC1)n1cncc1C=O. The normalized spacial score (nSPS) is 17.8. The summed E-state index contributed by atoms with van der Waals surface area (Å²) in [5.74, 6) is 0.0748. The lowest BCUT2D eigenvalue weighted by atomic mass is 10.1. The lowest BCUT2D eigenvalue weighted by Crippen LogP contribution is -2.39. The smallest absolute Gasteiger partial charge is 0.245 e. The van der Waals surface area contributed by atoms with Gasteiger partial charge in [0.2, 0.25) is 5.91 Å². The molecule has 1 aliphatic rings. The molecule has 1 amide bonds. The Bertz CT molecular complexity index is 408. The highest BCUT2D eigenvalue weighted by Gasteiger charge is 2.24. The summed E-state index contributed by atoms with van der Waals surface area (Å²) in [5.41, 5.74) is 0.447. The van der Waals surface area contributed by atoms with Crippen molar-refractivity contribution in [3.05, 3.63) is 18.2 Å². The second-order valence-electron chi connectivity index (χ2n) is 4.41. The fourth-order valence-corrected chi connectivity index (χ4v) is 2.23. The first kappa shape index (κ1) is 11.8. The Morgan fingerprint density at radius 2 is 2.12 bits per heavy atom. The molecule has 2 heterocycles. The van der Waals surface area contributed by atoms with Crippen molar-refractivity contribution in [2.45, 2.75) is 32.2 Å². The highest BCUT2D eigenvalue weighted by molar-refractivity contribution is 5.81. The number of aldehydes is 1. The molecule has 92 valence electrons. The van der Waals surface area contributed by atoms with Crippen molar-refractivity contribution < 1.29 is 9.59 Å². The molecule has 0 spiro atoms. The summed E-state index contributed by atoms with van der Waals surface area (Å²) in [6.07, 6.45) is 7.09. The Morgan fingerprint density at radius 3 is 2.76 bits per heavy atom. The van der Waals surface area contributed by atoms with E-state index in [2.05, 4.69) is 4.98 Å². The molecule has 1 fully saturated rings. The van der Waals surface area contributed by atoms with E-state index in [1.807, 2.05) is 11.8 Å². The number of amides is 1. The van der Waals surface area contributed by atoms with Gasteiger partial charge in [-0.25, -0.2) is 4.98 Å². The van der Waals surface area contributed by atoms with Gasteiger partial charge in [-0.05, 0) is 26.2 Å². The first-order chi connectivity index (χ1) is 8.24. The van der Waals surface area contributed by atoms with Gasteiger partial charge in [-0.3, -0.25) is 9.59 Å². The molecule has 1 aromatic rings. The fourth-order valence-electron chi connectivity index (χ4n) is 2.23. The second-order valence-corrected chi connectivity index (χ2v) is 4.41. The molecule has 17 heavy (non-hydrogen) atoms. The molecular formula is C12H17N3O2. The average molecular weight is 235 g/mol. The molecule has 1 aliphatic heterocycles. The number of piperidine rings is 1. The molecule has 5 heteroatoms. The Balaban J connectivity index is 2.11. The van der Waals surface area contributed by atoms with Crippen molar-refractivity contribution >= 4 is 12.2 Å². The summed E-state index contributed by atoms with van der Waals surface area (Å²) in [4.78, 5) is 28.8. The summed E-state index contributed by atoms with van der Waals surface area (Å²) in [6.45, 7) is 3.47. The van der Waals surface area contributed by atoms with Gasteiger partial charge in [-0.15, -0.1) is 0 Å². The molecule has 5 nitrogen and oxygen atoms in total. The van der Waals surface area contributed by atoms with Gasteiger partial charge in [0.1, 0.15) is 11.7 Å². The van der Waals surface area contributed by atoms with Gasteiger partial charge in [0, 0.05) is 13.1 Å². The van der Waals surface area contributed by atoms with Gasteiger partial charge in [0.05, 0.1) is 12.5 Å². The predicted molar refractivity (Wildman–Crippen MR) is 62.8 cm³/mol. The Labute approximate surface area is 100 Å². The lowest BCUT2D eigenvalue weighted by Gasteiger charge is -2.29. The van der Waals surface area contributed by atoms with Gasteiger partial charge in [-0.2, -0.15) is 0 Å². The van der Waals surface area contributed by atoms with Crippen molar-refractivity contribution in [1.82, 2.24) is 14.5 Å². The van der Waals surface area contributed by atoms with Crippen LogP contribution in [0.15, 0.2) is 12.5 Å². The first-order valence-electron chi connectivity index (χ1n) is 6.00. The van der Waals surface area contributed by atoms with Gasteiger partial charge in [0.25, 0.3) is 0 Å². The Morgan fingerprint density at radius 1 is 1.41 bits per heavy atom. The highest BCUT2D eigenvalue weighted by atomic mass is 16.2. The predicted octanol–water partition coefficient (Wildman–Crippen LogP) is 1.27. The van der Waals surface area contributed by atoms with E-state index >= 15 is 0 Å². The van der Waals surface area contributed by atoms with Crippen molar-refractivity contribution in [3.63, 3.8) is 0 Å². The van der Waals surface area contributed by atoms with E-state index in [1.54, 1.807) is 4.57 Å². The van der Waals surface area contributed by atoms with Crippen LogP contribution in [0, 0.1) is 0 Å². The van der Waals surface area contributed by atoms with Gasteiger partial charge in [-0.1, -0.05) is 0 Å². The first-order valence-corrected chi connectivity index (χ1v) is 6.00. The standard InChI is InChI=1S/C12H17N3O2/c1-10(15-9-13-7-11(15)8-16)12(17)14-5-3-2-4-6-14/h7-10H,2-6H2,1H3. The number of likely N-dealkylation sites (tertiary alicyclic amines) is 1. The molecule has 0 bridgehead atoms. The average Bonchev–Trinajstić information content (AvgIpc) is 2.86. The van der Waals surface area contributed by atoms with Crippen LogP contribution in [0.4, 0.5) is 0 Å². The van der Waals surface area contributed by atoms with Gasteiger partial charge in [0.15, 0.2) is 6.29 Å². The van der Waals surface area contributed by atoms with Crippen molar-refractivity contribution in [1.29, 1.82) is 0 Å². The maximum absolute atomic E-state index is 12.2. The number of imidazole rings is 1. The van der Waals surface area contributed by atoms with Crippen LogP contribution in [0.2, 0.25) is 0 Å². The monoisotopic (exact) mass is 235 g/mol. The highest BCUT2D eigenvalue weighted by Crippen LogP contribution is 2.16. The molecule has 1 unspecified atom stereocenters. The molecule has 0 saturated carbocycles. The van der Waals surface area contributed by atoms with Crippen LogP contribution in [0.5, 0.6) is 0 Å². The number of carbonyl (C=O) groups excluding carboxylic acids is 2. The molecule has 1 atom stereocenters. The van der Waals surface area contributed by atoms with Crippen LogP contribution in [-0.2, 0) is 4.79 Å². The minimum absolute atomic E-state index is 0.0748. The van der Waals surface area contributed by atoms with Gasteiger partial charge < -0.3 is 9.47 Å². The van der Waals surface area contributed by atoms with E-state index in [0.717, 1.165) is 32.2 Å². The number of hydrogen-bond acceptors (Lipinski definition) is 3. The summed E-state index contributed by atoms with van der Waals surface area (Å²) < 4.78 is 1.63. The molecule has 0 aromatic carbocycles. The molecule has 0 N–H and O–H groups in total. The molecule has 2 rings (SSSR count). The van der Waals surface area contributed by atoms with E-state index < -0.39 is 0 Å². The van der Waals surface area contributed by atoms with Crippen LogP contribution < -0.4 is 0 Å². The number of carbonyl (C=O) groups is 2. The van der Waals surface area contributed by atoms with Crippen LogP contribution >= 0.6 is 0 Å². The fraction of sp³-hybridized carbons (Fsp3) is 0.583. The minimum atomic E-state index is -0.351. The second kappa shape index (κ2) is 5.12. The molecule has 1 saturated heterocycles. The molecular weight excluding hydrogens is 218 g/mol. The number of aromatic nitrogens is 2. The summed E-state index contributed by atoms with van der Waals surface area (Å²) >= 11 is 0. The largest absolute Gasteiger partial charge is 0.341 e. The third-order valence-electron chi connectivity index (χ3n) is 3.26.